The van der Waals surface area contributed by atoms with Gasteiger partial charge in [-0.2, -0.15) is 0 Å². The third kappa shape index (κ3) is 3.71. The molecule has 110 valence electrons. The highest BCUT2D eigenvalue weighted by atomic mass is 15.3. The molecule has 2 saturated carbocycles. The number of rotatable bonds is 6. The summed E-state index contributed by atoms with van der Waals surface area (Å²) >= 11 is 0. The van der Waals surface area contributed by atoms with Gasteiger partial charge in [0, 0.05) is 45.3 Å². The van der Waals surface area contributed by atoms with E-state index in [2.05, 4.69) is 22.0 Å². The Morgan fingerprint density at radius 3 is 2.21 bits per heavy atom. The molecule has 3 heteroatoms. The van der Waals surface area contributed by atoms with E-state index >= 15 is 0 Å². The second-order valence-electron chi connectivity index (χ2n) is 7.07. The summed E-state index contributed by atoms with van der Waals surface area (Å²) in [5.41, 5.74) is 0.608. The molecule has 0 aromatic rings. The Morgan fingerprint density at radius 2 is 1.63 bits per heavy atom. The summed E-state index contributed by atoms with van der Waals surface area (Å²) in [6.07, 6.45) is 8.68. The minimum Gasteiger partial charge on any atom is -0.313 e. The average molecular weight is 265 g/mol. The third-order valence-electron chi connectivity index (χ3n) is 5.48. The van der Waals surface area contributed by atoms with Gasteiger partial charge in [0.15, 0.2) is 0 Å². The smallest absolute Gasteiger partial charge is 0.0110 e. The maximum atomic E-state index is 3.81. The van der Waals surface area contributed by atoms with Crippen LogP contribution < -0.4 is 5.32 Å². The molecular weight excluding hydrogens is 234 g/mol. The summed E-state index contributed by atoms with van der Waals surface area (Å²) in [7, 11) is 0. The molecular formula is C16H31N3. The summed E-state index contributed by atoms with van der Waals surface area (Å²) < 4.78 is 0. The zero-order chi connectivity index (χ0) is 13.1. The molecule has 3 fully saturated rings. The van der Waals surface area contributed by atoms with E-state index < -0.39 is 0 Å². The minimum atomic E-state index is 0.608. The van der Waals surface area contributed by atoms with Gasteiger partial charge in [-0.25, -0.2) is 0 Å². The number of likely N-dealkylation sites (N-methyl/N-ethyl adjacent to an activating group) is 1. The highest BCUT2D eigenvalue weighted by Gasteiger charge is 2.37. The van der Waals surface area contributed by atoms with Crippen molar-refractivity contribution in [2.24, 2.45) is 5.41 Å². The molecule has 0 bridgehead atoms. The van der Waals surface area contributed by atoms with Gasteiger partial charge in [-0.05, 0) is 37.6 Å². The van der Waals surface area contributed by atoms with Crippen molar-refractivity contribution in [1.82, 2.24) is 15.1 Å². The zero-order valence-corrected chi connectivity index (χ0v) is 12.7. The molecule has 1 heterocycles. The van der Waals surface area contributed by atoms with Crippen molar-refractivity contribution in [3.8, 4) is 0 Å². The van der Waals surface area contributed by atoms with Crippen LogP contribution in [-0.2, 0) is 0 Å². The topological polar surface area (TPSA) is 18.5 Å². The van der Waals surface area contributed by atoms with Crippen LogP contribution in [0.4, 0.5) is 0 Å². The first kappa shape index (κ1) is 13.8. The lowest BCUT2D eigenvalue weighted by atomic mass is 9.85. The maximum absolute atomic E-state index is 3.81. The van der Waals surface area contributed by atoms with Crippen LogP contribution in [0.1, 0.15) is 45.4 Å². The number of hydrogen-bond acceptors (Lipinski definition) is 3. The molecule has 3 aliphatic rings. The fourth-order valence-corrected chi connectivity index (χ4v) is 3.90. The Bertz CT molecular complexity index is 274. The lowest BCUT2D eigenvalue weighted by molar-refractivity contribution is 0.0874. The maximum Gasteiger partial charge on any atom is 0.0110 e. The first-order valence-corrected chi connectivity index (χ1v) is 8.48. The second kappa shape index (κ2) is 6.11. The number of nitrogens with one attached hydrogen (secondary N) is 1. The molecule has 3 rings (SSSR count). The molecule has 0 atom stereocenters. The number of hydrogen-bond donors (Lipinski definition) is 1. The monoisotopic (exact) mass is 265 g/mol. The first-order chi connectivity index (χ1) is 9.30. The van der Waals surface area contributed by atoms with E-state index in [-0.39, 0.29) is 0 Å². The molecule has 3 nitrogen and oxygen atoms in total. The van der Waals surface area contributed by atoms with Gasteiger partial charge in [-0.1, -0.05) is 19.8 Å². The Morgan fingerprint density at radius 1 is 1.00 bits per heavy atom. The summed E-state index contributed by atoms with van der Waals surface area (Å²) in [5.74, 6) is 0. The SMILES string of the molecule is CCN1CCN(CC2(CNC3CC3)CCCC2)CC1. The molecule has 0 aromatic heterocycles. The van der Waals surface area contributed by atoms with Crippen LogP contribution in [0.15, 0.2) is 0 Å². The minimum absolute atomic E-state index is 0.608. The molecule has 0 spiro atoms. The van der Waals surface area contributed by atoms with Crippen molar-refractivity contribution in [2.75, 3.05) is 45.8 Å². The van der Waals surface area contributed by atoms with E-state index in [1.54, 1.807) is 0 Å². The van der Waals surface area contributed by atoms with Crippen molar-refractivity contribution < 1.29 is 0 Å². The lowest BCUT2D eigenvalue weighted by Crippen LogP contribution is -2.51. The predicted molar refractivity (Wildman–Crippen MR) is 80.5 cm³/mol. The zero-order valence-electron chi connectivity index (χ0n) is 12.7. The molecule has 0 radical (unpaired) electrons. The Balaban J connectivity index is 1.49. The average Bonchev–Trinajstić information content (AvgIpc) is 3.17. The number of nitrogens with zero attached hydrogens (tertiary/aromatic N) is 2. The van der Waals surface area contributed by atoms with Crippen molar-refractivity contribution in [2.45, 2.75) is 51.5 Å². The molecule has 0 unspecified atom stereocenters. The van der Waals surface area contributed by atoms with E-state index in [1.807, 2.05) is 0 Å². The number of piperazine rings is 1. The summed E-state index contributed by atoms with van der Waals surface area (Å²) in [6.45, 7) is 11.3. The van der Waals surface area contributed by atoms with Crippen LogP contribution in [0.2, 0.25) is 0 Å². The van der Waals surface area contributed by atoms with Gasteiger partial charge < -0.3 is 15.1 Å². The van der Waals surface area contributed by atoms with Crippen LogP contribution in [0.25, 0.3) is 0 Å². The fourth-order valence-electron chi connectivity index (χ4n) is 3.90. The Hall–Kier alpha value is -0.120. The van der Waals surface area contributed by atoms with Gasteiger partial charge in [0.1, 0.15) is 0 Å². The van der Waals surface area contributed by atoms with Crippen molar-refractivity contribution in [1.29, 1.82) is 0 Å². The van der Waals surface area contributed by atoms with Crippen LogP contribution in [0, 0.1) is 5.41 Å². The van der Waals surface area contributed by atoms with Gasteiger partial charge in [-0.15, -0.1) is 0 Å². The van der Waals surface area contributed by atoms with E-state index in [0.29, 0.717) is 5.41 Å². The van der Waals surface area contributed by atoms with Gasteiger partial charge in [0.05, 0.1) is 0 Å². The molecule has 1 saturated heterocycles. The summed E-state index contributed by atoms with van der Waals surface area (Å²) in [5, 5.41) is 3.81. The standard InChI is InChI=1S/C16H31N3/c1-2-18-9-11-19(12-10-18)14-16(7-3-4-8-16)13-17-15-5-6-15/h15,17H,2-14H2,1H3. The Labute approximate surface area is 118 Å². The van der Waals surface area contributed by atoms with Gasteiger partial charge >= 0.3 is 0 Å². The third-order valence-corrected chi connectivity index (χ3v) is 5.48. The molecule has 19 heavy (non-hydrogen) atoms. The first-order valence-electron chi connectivity index (χ1n) is 8.48. The van der Waals surface area contributed by atoms with Gasteiger partial charge in [-0.3, -0.25) is 0 Å². The molecule has 1 N–H and O–H groups in total. The van der Waals surface area contributed by atoms with Crippen LogP contribution in [0.3, 0.4) is 0 Å². The Kier molecular flexibility index (Phi) is 4.45. The van der Waals surface area contributed by atoms with Crippen LogP contribution >= 0.6 is 0 Å². The molecule has 1 aliphatic heterocycles. The predicted octanol–water partition coefficient (Wildman–Crippen LogP) is 1.94. The normalized spacial score (nSPS) is 28.9. The van der Waals surface area contributed by atoms with Crippen molar-refractivity contribution in [3.63, 3.8) is 0 Å². The van der Waals surface area contributed by atoms with Crippen molar-refractivity contribution >= 4 is 0 Å². The van der Waals surface area contributed by atoms with E-state index in [4.69, 9.17) is 0 Å². The van der Waals surface area contributed by atoms with Crippen LogP contribution in [-0.4, -0.2) is 61.7 Å². The van der Waals surface area contributed by atoms with E-state index in [0.717, 1.165) is 6.04 Å². The van der Waals surface area contributed by atoms with E-state index in [1.165, 1.54) is 84.3 Å². The molecule has 0 amide bonds. The highest BCUT2D eigenvalue weighted by molar-refractivity contribution is 4.93. The van der Waals surface area contributed by atoms with Gasteiger partial charge in [0.2, 0.25) is 0 Å². The highest BCUT2D eigenvalue weighted by Crippen LogP contribution is 2.39. The fraction of sp³-hybridized carbons (Fsp3) is 1.00. The van der Waals surface area contributed by atoms with Crippen molar-refractivity contribution in [3.05, 3.63) is 0 Å². The quantitative estimate of drug-likeness (QED) is 0.792. The van der Waals surface area contributed by atoms with Gasteiger partial charge in [0.25, 0.3) is 0 Å². The second-order valence-corrected chi connectivity index (χ2v) is 7.07. The largest absolute Gasteiger partial charge is 0.313 e. The molecule has 2 aliphatic carbocycles. The lowest BCUT2D eigenvalue weighted by Gasteiger charge is -2.40. The summed E-state index contributed by atoms with van der Waals surface area (Å²) in [4.78, 5) is 5.33. The summed E-state index contributed by atoms with van der Waals surface area (Å²) in [6, 6.07) is 0.870. The molecule has 0 aromatic carbocycles. The van der Waals surface area contributed by atoms with E-state index in [9.17, 15) is 0 Å². The van der Waals surface area contributed by atoms with Crippen LogP contribution in [0.5, 0.6) is 0 Å².